The number of hydrogen-bond acceptors (Lipinski definition) is 6. The van der Waals surface area contributed by atoms with Crippen LogP contribution in [-0.2, 0) is 20.9 Å². The summed E-state index contributed by atoms with van der Waals surface area (Å²) in [4.78, 5) is 36.1. The number of carbonyl (C=O) groups is 3. The van der Waals surface area contributed by atoms with Crippen LogP contribution >= 0.6 is 0 Å². The van der Waals surface area contributed by atoms with E-state index in [4.69, 9.17) is 9.47 Å². The van der Waals surface area contributed by atoms with E-state index >= 15 is 0 Å². The highest BCUT2D eigenvalue weighted by Gasteiger charge is 2.37. The average molecular weight is 578 g/mol. The second-order valence-electron chi connectivity index (χ2n) is 9.62. The zero-order chi connectivity index (χ0) is 30.4. The van der Waals surface area contributed by atoms with Gasteiger partial charge in [0.15, 0.2) is 0 Å². The summed E-state index contributed by atoms with van der Waals surface area (Å²) in [6.45, 7) is 2.64. The van der Waals surface area contributed by atoms with Crippen LogP contribution in [-0.4, -0.2) is 60.1 Å². The van der Waals surface area contributed by atoms with Crippen LogP contribution < -0.4 is 14.2 Å². The van der Waals surface area contributed by atoms with Gasteiger partial charge in [-0.05, 0) is 61.2 Å². The third-order valence-electron chi connectivity index (χ3n) is 6.54. The van der Waals surface area contributed by atoms with Crippen LogP contribution in [0.1, 0.15) is 37.3 Å². The van der Waals surface area contributed by atoms with Crippen molar-refractivity contribution >= 4 is 23.4 Å². The fraction of sp³-hybridized carbons (Fsp3) is 0.345. The van der Waals surface area contributed by atoms with E-state index in [2.05, 4.69) is 4.74 Å². The Kier molecular flexibility index (Phi) is 9.69. The van der Waals surface area contributed by atoms with Crippen molar-refractivity contribution in [1.29, 1.82) is 0 Å². The molecule has 1 fully saturated rings. The molecule has 0 bridgehead atoms. The third-order valence-corrected chi connectivity index (χ3v) is 6.54. The molecule has 4 rings (SSSR count). The molecule has 1 aliphatic carbocycles. The van der Waals surface area contributed by atoms with E-state index in [0.29, 0.717) is 42.1 Å². The molecule has 1 amide bonds. The Hall–Kier alpha value is -4.48. The lowest BCUT2D eigenvalue weighted by Gasteiger charge is -2.27. The second-order valence-corrected chi connectivity index (χ2v) is 9.62. The Labute approximate surface area is 234 Å². The molecule has 2 aliphatic rings. The SMILES string of the molecule is COc1cccc(OC)c1C1=CC(C)(C(=O)O)CC(C(=O)O)=C1.O=C1CCCN1Cc1ccc(OC(F)(F)F)cc1. The minimum Gasteiger partial charge on any atom is -0.496 e. The normalized spacial score (nSPS) is 18.5. The van der Waals surface area contributed by atoms with E-state index in [1.165, 1.54) is 51.5 Å². The van der Waals surface area contributed by atoms with E-state index in [0.717, 1.165) is 12.0 Å². The predicted molar refractivity (Wildman–Crippen MR) is 141 cm³/mol. The lowest BCUT2D eigenvalue weighted by Crippen LogP contribution is -2.29. The van der Waals surface area contributed by atoms with Gasteiger partial charge in [0.2, 0.25) is 5.91 Å². The molecule has 220 valence electrons. The molecule has 0 saturated carbocycles. The van der Waals surface area contributed by atoms with Crippen LogP contribution in [0.25, 0.3) is 5.57 Å². The van der Waals surface area contributed by atoms with Gasteiger partial charge in [0.05, 0.1) is 25.2 Å². The van der Waals surface area contributed by atoms with Gasteiger partial charge in [-0.1, -0.05) is 24.3 Å². The molecule has 1 saturated heterocycles. The van der Waals surface area contributed by atoms with Crippen molar-refractivity contribution in [2.24, 2.45) is 5.41 Å². The number of methoxy groups -OCH3 is 2. The van der Waals surface area contributed by atoms with Gasteiger partial charge in [-0.2, -0.15) is 0 Å². The fourth-order valence-corrected chi connectivity index (χ4v) is 4.51. The number of nitrogens with zero attached hydrogens (tertiary/aromatic N) is 1. The van der Waals surface area contributed by atoms with Gasteiger partial charge >= 0.3 is 18.3 Å². The molecule has 2 aromatic rings. The first-order valence-electron chi connectivity index (χ1n) is 12.5. The Morgan fingerprint density at radius 1 is 1.02 bits per heavy atom. The summed E-state index contributed by atoms with van der Waals surface area (Å²) in [7, 11) is 2.97. The molecule has 2 N–H and O–H groups in total. The van der Waals surface area contributed by atoms with Crippen LogP contribution in [0.4, 0.5) is 13.2 Å². The van der Waals surface area contributed by atoms with Gasteiger partial charge < -0.3 is 29.3 Å². The number of rotatable bonds is 8. The highest BCUT2D eigenvalue weighted by Crippen LogP contribution is 2.43. The zero-order valence-electron chi connectivity index (χ0n) is 22.7. The number of carboxylic acids is 2. The van der Waals surface area contributed by atoms with Gasteiger partial charge in [0.1, 0.15) is 17.2 Å². The third kappa shape index (κ3) is 8.03. The van der Waals surface area contributed by atoms with Crippen molar-refractivity contribution in [2.45, 2.75) is 39.1 Å². The van der Waals surface area contributed by atoms with E-state index < -0.39 is 23.7 Å². The van der Waals surface area contributed by atoms with Crippen molar-refractivity contribution in [3.05, 3.63) is 71.3 Å². The van der Waals surface area contributed by atoms with Gasteiger partial charge in [0.25, 0.3) is 0 Å². The number of allylic oxidation sites excluding steroid dienone is 2. The first-order valence-corrected chi connectivity index (χ1v) is 12.5. The van der Waals surface area contributed by atoms with E-state index in [1.807, 2.05) is 0 Å². The maximum absolute atomic E-state index is 11.9. The van der Waals surface area contributed by atoms with Crippen LogP contribution in [0.15, 0.2) is 60.2 Å². The predicted octanol–water partition coefficient (Wildman–Crippen LogP) is 5.30. The summed E-state index contributed by atoms with van der Waals surface area (Å²) in [6.07, 6.45) is -0.357. The number of aliphatic carboxylic acids is 2. The van der Waals surface area contributed by atoms with Gasteiger partial charge in [0, 0.05) is 25.1 Å². The number of carbonyl (C=O) groups excluding carboxylic acids is 1. The van der Waals surface area contributed by atoms with Crippen LogP contribution in [0.3, 0.4) is 0 Å². The number of amides is 1. The van der Waals surface area contributed by atoms with Gasteiger partial charge in [-0.3, -0.25) is 9.59 Å². The monoisotopic (exact) mass is 577 g/mol. The second kappa shape index (κ2) is 12.8. The minimum absolute atomic E-state index is 0.0281. The number of benzene rings is 2. The van der Waals surface area contributed by atoms with Crippen LogP contribution in [0, 0.1) is 5.41 Å². The quantitative estimate of drug-likeness (QED) is 0.434. The number of alkyl halides is 3. The number of hydrogen-bond donors (Lipinski definition) is 2. The molecule has 2 aromatic carbocycles. The van der Waals surface area contributed by atoms with Gasteiger partial charge in [-0.25, -0.2) is 4.79 Å². The van der Waals surface area contributed by atoms with Crippen molar-refractivity contribution in [3.63, 3.8) is 0 Å². The molecule has 0 aromatic heterocycles. The number of likely N-dealkylation sites (tertiary alicyclic amines) is 1. The van der Waals surface area contributed by atoms with E-state index in [-0.39, 0.29) is 23.7 Å². The molecular weight excluding hydrogens is 547 g/mol. The average Bonchev–Trinajstić information content (AvgIpc) is 3.32. The first-order chi connectivity index (χ1) is 19.3. The summed E-state index contributed by atoms with van der Waals surface area (Å²) in [5.41, 5.74) is 0.486. The maximum Gasteiger partial charge on any atom is 0.573 e. The lowest BCUT2D eigenvalue weighted by molar-refractivity contribution is -0.274. The Morgan fingerprint density at radius 2 is 1.63 bits per heavy atom. The molecule has 0 radical (unpaired) electrons. The summed E-state index contributed by atoms with van der Waals surface area (Å²) >= 11 is 0. The van der Waals surface area contributed by atoms with Crippen molar-refractivity contribution in [2.75, 3.05) is 20.8 Å². The smallest absolute Gasteiger partial charge is 0.496 e. The molecule has 41 heavy (non-hydrogen) atoms. The molecule has 0 spiro atoms. The summed E-state index contributed by atoms with van der Waals surface area (Å²) < 4.78 is 50.2. The Morgan fingerprint density at radius 3 is 2.10 bits per heavy atom. The maximum atomic E-state index is 11.9. The largest absolute Gasteiger partial charge is 0.573 e. The summed E-state index contributed by atoms with van der Waals surface area (Å²) in [6, 6.07) is 10.7. The van der Waals surface area contributed by atoms with Crippen molar-refractivity contribution in [1.82, 2.24) is 4.90 Å². The minimum atomic E-state index is -4.67. The van der Waals surface area contributed by atoms with Gasteiger partial charge in [-0.15, -0.1) is 13.2 Å². The highest BCUT2D eigenvalue weighted by molar-refractivity contribution is 5.97. The lowest BCUT2D eigenvalue weighted by atomic mass is 9.76. The topological polar surface area (TPSA) is 123 Å². The summed E-state index contributed by atoms with van der Waals surface area (Å²) in [5, 5.41) is 18.8. The Balaban J connectivity index is 0.000000232. The fourth-order valence-electron chi connectivity index (χ4n) is 4.51. The highest BCUT2D eigenvalue weighted by atomic mass is 19.4. The van der Waals surface area contributed by atoms with Crippen molar-refractivity contribution in [3.8, 4) is 17.2 Å². The number of ether oxygens (including phenoxy) is 3. The molecule has 12 heteroatoms. The summed E-state index contributed by atoms with van der Waals surface area (Å²) in [5.74, 6) is -1.44. The van der Waals surface area contributed by atoms with Crippen molar-refractivity contribution < 1.29 is 52.0 Å². The van der Waals surface area contributed by atoms with Crippen LogP contribution in [0.5, 0.6) is 17.2 Å². The molecular formula is C29H30F3NO8. The molecule has 1 atom stereocenters. The molecule has 1 aliphatic heterocycles. The Bertz CT molecular complexity index is 1330. The van der Waals surface area contributed by atoms with E-state index in [1.54, 1.807) is 29.2 Å². The molecule has 1 unspecified atom stereocenters. The number of halogens is 3. The van der Waals surface area contributed by atoms with E-state index in [9.17, 15) is 37.8 Å². The first kappa shape index (κ1) is 31.1. The number of carboxylic acid groups (broad SMARTS) is 2. The zero-order valence-corrected chi connectivity index (χ0v) is 22.7. The molecule has 9 nitrogen and oxygen atoms in total. The standard InChI is InChI=1S/C17H18O6.C12H12F3NO2/c1-17(16(20)21)8-10(7-11(9-17)15(18)19)14-12(22-2)5-4-6-13(14)23-3;13-12(14,15)18-10-5-3-9(4-6-10)8-16-7-1-2-11(16)17/h4-8H,9H2,1-3H3,(H,18,19)(H,20,21);3-6H,1-2,7-8H2. The van der Waals surface area contributed by atoms with Crippen LogP contribution in [0.2, 0.25) is 0 Å². The molecule has 1 heterocycles.